The van der Waals surface area contributed by atoms with Crippen LogP contribution in [-0.2, 0) is 33.8 Å². The SMILES string of the molecule is C=CCCN(CC(=O)Nc1ccc(-c2ncc(-c3cccnc(CNC(=O)Cc4ccccc4)[nH]cc3)o2)cc1)C(=O)Cc1ccccc1. The van der Waals surface area contributed by atoms with E-state index >= 15 is 0 Å². The van der Waals surface area contributed by atoms with Crippen LogP contribution in [0, 0.1) is 0 Å². The van der Waals surface area contributed by atoms with Crippen LogP contribution in [0.1, 0.15) is 23.4 Å². The molecule has 0 saturated heterocycles. The first-order chi connectivity index (χ1) is 24.0. The van der Waals surface area contributed by atoms with Crippen LogP contribution in [0.2, 0.25) is 0 Å². The molecular weight excluding hydrogens is 616 g/mol. The van der Waals surface area contributed by atoms with Crippen LogP contribution in [0.25, 0.3) is 22.8 Å². The molecule has 0 aliphatic rings. The van der Waals surface area contributed by atoms with Crippen molar-refractivity contribution < 1.29 is 18.8 Å². The molecule has 248 valence electrons. The maximum Gasteiger partial charge on any atom is 0.243 e. The first kappa shape index (κ1) is 34.1. The Balaban J connectivity index is 1.17. The third kappa shape index (κ3) is 10.6. The van der Waals surface area contributed by atoms with E-state index < -0.39 is 0 Å². The molecular formula is C39H38N6O4. The molecule has 3 aromatic carbocycles. The molecule has 49 heavy (non-hydrogen) atoms. The maximum atomic E-state index is 13.0. The van der Waals surface area contributed by atoms with Gasteiger partial charge in [-0.3, -0.25) is 14.4 Å². The highest BCUT2D eigenvalue weighted by Crippen LogP contribution is 2.26. The highest BCUT2D eigenvalue weighted by molar-refractivity contribution is 5.95. The summed E-state index contributed by atoms with van der Waals surface area (Å²) in [7, 11) is 0. The highest BCUT2D eigenvalue weighted by Gasteiger charge is 2.17. The Hall–Kier alpha value is -6.29. The van der Waals surface area contributed by atoms with Crippen LogP contribution < -0.4 is 10.6 Å². The number of hydrogen-bond donors (Lipinski definition) is 3. The number of amides is 3. The van der Waals surface area contributed by atoms with Crippen molar-refractivity contribution >= 4 is 23.4 Å². The molecule has 0 saturated carbocycles. The number of carbonyl (C=O) groups is 3. The van der Waals surface area contributed by atoms with Crippen molar-refractivity contribution in [2.45, 2.75) is 25.8 Å². The molecule has 3 amide bonds. The van der Waals surface area contributed by atoms with Gasteiger partial charge in [-0.2, -0.15) is 0 Å². The number of benzene rings is 3. The molecule has 0 bridgehead atoms. The van der Waals surface area contributed by atoms with Gasteiger partial charge in [0.15, 0.2) is 5.76 Å². The smallest absolute Gasteiger partial charge is 0.243 e. The van der Waals surface area contributed by atoms with E-state index in [-0.39, 0.29) is 37.2 Å². The number of oxazole rings is 1. The Labute approximate surface area is 285 Å². The third-order valence-electron chi connectivity index (χ3n) is 7.46. The van der Waals surface area contributed by atoms with Gasteiger partial charge in [0.05, 0.1) is 32.1 Å². The van der Waals surface area contributed by atoms with Crippen LogP contribution in [0.4, 0.5) is 5.69 Å². The molecule has 0 aliphatic carbocycles. The van der Waals surface area contributed by atoms with E-state index in [1.807, 2.05) is 84.9 Å². The second-order valence-electron chi connectivity index (χ2n) is 11.2. The summed E-state index contributed by atoms with van der Waals surface area (Å²) < 4.78 is 6.07. The first-order valence-electron chi connectivity index (χ1n) is 15.9. The van der Waals surface area contributed by atoms with Gasteiger partial charge in [0, 0.05) is 35.8 Å². The maximum absolute atomic E-state index is 13.0. The predicted octanol–water partition coefficient (Wildman–Crippen LogP) is 6.30. The van der Waals surface area contributed by atoms with Gasteiger partial charge in [-0.15, -0.1) is 6.58 Å². The van der Waals surface area contributed by atoms with Gasteiger partial charge in [0.1, 0.15) is 5.82 Å². The number of aromatic nitrogens is 3. The van der Waals surface area contributed by atoms with E-state index in [0.717, 1.165) is 22.3 Å². The predicted molar refractivity (Wildman–Crippen MR) is 189 cm³/mol. The first-order valence-corrected chi connectivity index (χ1v) is 15.9. The molecule has 0 unspecified atom stereocenters. The van der Waals surface area contributed by atoms with Gasteiger partial charge in [-0.1, -0.05) is 66.7 Å². The lowest BCUT2D eigenvalue weighted by molar-refractivity contribution is -0.134. The van der Waals surface area contributed by atoms with Crippen molar-refractivity contribution in [1.29, 1.82) is 0 Å². The number of hydrogen-bond acceptors (Lipinski definition) is 6. The molecule has 3 N–H and O–H groups in total. The molecule has 0 radical (unpaired) electrons. The number of nitrogens with zero attached hydrogens (tertiary/aromatic N) is 3. The zero-order valence-electron chi connectivity index (χ0n) is 27.0. The summed E-state index contributed by atoms with van der Waals surface area (Å²) in [4.78, 5) is 51.7. The average molecular weight is 655 g/mol. The monoisotopic (exact) mass is 654 g/mol. The van der Waals surface area contributed by atoms with Crippen LogP contribution in [-0.4, -0.2) is 50.7 Å². The lowest BCUT2D eigenvalue weighted by Crippen LogP contribution is -2.39. The molecule has 10 nitrogen and oxygen atoms in total. The molecule has 0 atom stereocenters. The van der Waals surface area contributed by atoms with Crippen LogP contribution in [0.15, 0.2) is 139 Å². The fraction of sp³-hybridized carbons (Fsp3) is 0.154. The Kier molecular flexibility index (Phi) is 12.2. The minimum atomic E-state index is -0.293. The molecule has 2 heterocycles. The second-order valence-corrected chi connectivity index (χ2v) is 11.2. The van der Waals surface area contributed by atoms with Crippen molar-refractivity contribution in [2.24, 2.45) is 0 Å². The second kappa shape index (κ2) is 17.6. The van der Waals surface area contributed by atoms with E-state index in [1.54, 1.807) is 47.8 Å². The van der Waals surface area contributed by atoms with E-state index in [4.69, 9.17) is 4.42 Å². The molecule has 5 aromatic rings. The zero-order chi connectivity index (χ0) is 34.3. The van der Waals surface area contributed by atoms with Crippen molar-refractivity contribution in [2.75, 3.05) is 18.4 Å². The van der Waals surface area contributed by atoms with Gasteiger partial charge in [0.2, 0.25) is 23.6 Å². The number of nitrogens with one attached hydrogen (secondary N) is 3. The van der Waals surface area contributed by atoms with E-state index in [1.165, 1.54) is 0 Å². The molecule has 0 aliphatic heterocycles. The number of aromatic amines is 1. The van der Waals surface area contributed by atoms with Crippen molar-refractivity contribution in [1.82, 2.24) is 25.2 Å². The molecule has 0 spiro atoms. The Morgan fingerprint density at radius 1 is 0.796 bits per heavy atom. The molecule has 5 rings (SSSR count). The van der Waals surface area contributed by atoms with Gasteiger partial charge in [-0.25, -0.2) is 9.97 Å². The summed E-state index contributed by atoms with van der Waals surface area (Å²) in [6, 6.07) is 31.6. The third-order valence-corrected chi connectivity index (χ3v) is 7.46. The summed E-state index contributed by atoms with van der Waals surface area (Å²) in [6.45, 7) is 4.33. The van der Waals surface area contributed by atoms with Crippen LogP contribution >= 0.6 is 0 Å². The van der Waals surface area contributed by atoms with Crippen molar-refractivity contribution in [3.63, 3.8) is 0 Å². The van der Waals surface area contributed by atoms with E-state index in [0.29, 0.717) is 42.5 Å². The fourth-order valence-corrected chi connectivity index (χ4v) is 4.92. The van der Waals surface area contributed by atoms with Crippen LogP contribution in [0.5, 0.6) is 0 Å². The molecule has 2 aromatic heterocycles. The Morgan fingerprint density at radius 2 is 1.51 bits per heavy atom. The van der Waals surface area contributed by atoms with Crippen molar-refractivity contribution in [3.05, 3.63) is 151 Å². The summed E-state index contributed by atoms with van der Waals surface area (Å²) in [6.07, 6.45) is 7.85. The number of anilines is 1. The van der Waals surface area contributed by atoms with Crippen LogP contribution in [0.3, 0.4) is 0 Å². The summed E-state index contributed by atoms with van der Waals surface area (Å²) >= 11 is 0. The zero-order valence-corrected chi connectivity index (χ0v) is 27.0. The van der Waals surface area contributed by atoms with E-state index in [2.05, 4.69) is 32.2 Å². The minimum absolute atomic E-state index is 0.0638. The average Bonchev–Trinajstić information content (AvgIpc) is 3.64. The summed E-state index contributed by atoms with van der Waals surface area (Å²) in [5, 5.41) is 5.76. The van der Waals surface area contributed by atoms with Crippen molar-refractivity contribution in [3.8, 4) is 22.8 Å². The number of rotatable bonds is 14. The molecule has 0 fully saturated rings. The lowest BCUT2D eigenvalue weighted by Gasteiger charge is -2.22. The van der Waals surface area contributed by atoms with Gasteiger partial charge >= 0.3 is 0 Å². The Morgan fingerprint density at radius 3 is 2.22 bits per heavy atom. The minimum Gasteiger partial charge on any atom is -0.436 e. The quantitative estimate of drug-likeness (QED) is 0.120. The normalized spacial score (nSPS) is 10.4. The molecule has 10 heteroatoms. The summed E-state index contributed by atoms with van der Waals surface area (Å²) in [5.41, 5.74) is 3.92. The van der Waals surface area contributed by atoms with Gasteiger partial charge in [0.25, 0.3) is 0 Å². The highest BCUT2D eigenvalue weighted by atomic mass is 16.4. The fourth-order valence-electron chi connectivity index (χ4n) is 4.92. The number of carbonyl (C=O) groups excluding carboxylic acids is 3. The number of H-pyrrole nitrogens is 1. The van der Waals surface area contributed by atoms with Gasteiger partial charge < -0.3 is 24.9 Å². The lowest BCUT2D eigenvalue weighted by atomic mass is 10.1. The summed E-state index contributed by atoms with van der Waals surface area (Å²) in [5.74, 6) is 1.04. The Bertz CT molecular complexity index is 1900. The van der Waals surface area contributed by atoms with Gasteiger partial charge in [-0.05, 0) is 60.0 Å². The standard InChI is InChI=1S/C39H38N6O4/c1-2-3-23-45(38(48)25-30-13-8-5-9-14-30)28-37(47)44-33-18-16-32(17-19-33)39-43-26-34(49-39)31-15-10-21-40-35(41-22-20-31)27-42-36(46)24-29-11-6-4-7-12-29/h2,4-22,26H,1,3,23-25,27-28H2,(H,40,41)(H,42,46)(H,44,47). The topological polar surface area (TPSA) is 133 Å². The largest absolute Gasteiger partial charge is 0.436 e. The van der Waals surface area contributed by atoms with E-state index in [9.17, 15) is 14.4 Å².